The first kappa shape index (κ1) is 19.0. The number of pyridine rings is 1. The number of rotatable bonds is 5. The first-order chi connectivity index (χ1) is 13.4. The molecule has 0 aliphatic heterocycles. The molecule has 7 heteroatoms. The smallest absolute Gasteiger partial charge is 0.257 e. The number of nitrogens with zero attached hydrogens (tertiary/aromatic N) is 1. The van der Waals surface area contributed by atoms with Gasteiger partial charge in [0.2, 0.25) is 5.91 Å². The van der Waals surface area contributed by atoms with E-state index < -0.39 is 5.91 Å². The van der Waals surface area contributed by atoms with Gasteiger partial charge in [-0.2, -0.15) is 0 Å². The first-order valence-electron chi connectivity index (χ1n) is 8.55. The van der Waals surface area contributed by atoms with Gasteiger partial charge in [-0.3, -0.25) is 14.4 Å². The number of hydrogen-bond acceptors (Lipinski definition) is 3. The Morgan fingerprint density at radius 2 is 1.64 bits per heavy atom. The Morgan fingerprint density at radius 3 is 2.32 bits per heavy atom. The van der Waals surface area contributed by atoms with Gasteiger partial charge in [0.15, 0.2) is 0 Å². The highest BCUT2D eigenvalue weighted by Crippen LogP contribution is 2.16. The lowest BCUT2D eigenvalue weighted by molar-refractivity contribution is -0.114. The molecule has 3 aromatic rings. The van der Waals surface area contributed by atoms with Crippen LogP contribution in [0.3, 0.4) is 0 Å². The summed E-state index contributed by atoms with van der Waals surface area (Å²) in [5.74, 6) is -0.963. The molecule has 1 heterocycles. The van der Waals surface area contributed by atoms with E-state index in [2.05, 4.69) is 10.6 Å². The maximum Gasteiger partial charge on any atom is 0.257 e. The minimum absolute atomic E-state index is 0.212. The van der Waals surface area contributed by atoms with Gasteiger partial charge >= 0.3 is 0 Å². The highest BCUT2D eigenvalue weighted by molar-refractivity contribution is 6.04. The van der Waals surface area contributed by atoms with Crippen molar-refractivity contribution in [1.82, 2.24) is 4.57 Å². The molecular weight excluding hydrogens is 361 g/mol. The van der Waals surface area contributed by atoms with E-state index in [0.717, 1.165) is 5.56 Å². The molecule has 2 aromatic carbocycles. The first-order valence-corrected chi connectivity index (χ1v) is 8.55. The molecule has 3 rings (SSSR count). The summed E-state index contributed by atoms with van der Waals surface area (Å²) in [6.45, 7) is 1.62. The fourth-order valence-electron chi connectivity index (χ4n) is 2.66. The normalized spacial score (nSPS) is 10.4. The second-order valence-electron chi connectivity index (χ2n) is 6.23. The number of halogens is 1. The summed E-state index contributed by atoms with van der Waals surface area (Å²) in [7, 11) is 0. The van der Waals surface area contributed by atoms with Crippen LogP contribution in [0, 0.1) is 5.82 Å². The van der Waals surface area contributed by atoms with Crippen LogP contribution in [-0.2, 0) is 11.3 Å². The lowest BCUT2D eigenvalue weighted by Crippen LogP contribution is -2.22. The minimum atomic E-state index is -0.396. The molecule has 6 nitrogen and oxygen atoms in total. The predicted molar refractivity (Wildman–Crippen MR) is 105 cm³/mol. The molecule has 0 unspecified atom stereocenters. The van der Waals surface area contributed by atoms with Gasteiger partial charge in [-0.1, -0.05) is 18.2 Å². The Labute approximate surface area is 160 Å². The van der Waals surface area contributed by atoms with Crippen molar-refractivity contribution in [3.05, 3.63) is 94.2 Å². The molecular formula is C21H18FN3O3. The fraction of sp³-hybridized carbons (Fsp3) is 0.0952. The Hall–Kier alpha value is -3.74. The summed E-state index contributed by atoms with van der Waals surface area (Å²) in [6.07, 6.45) is 1.46. The maximum absolute atomic E-state index is 13.0. The fourth-order valence-corrected chi connectivity index (χ4v) is 2.66. The quantitative estimate of drug-likeness (QED) is 0.714. The van der Waals surface area contributed by atoms with Crippen molar-refractivity contribution < 1.29 is 14.0 Å². The Balaban J connectivity index is 1.78. The number of nitrogens with one attached hydrogen (secondary N) is 2. The van der Waals surface area contributed by atoms with E-state index in [1.165, 1.54) is 42.0 Å². The van der Waals surface area contributed by atoms with Crippen molar-refractivity contribution in [2.75, 3.05) is 10.6 Å². The summed E-state index contributed by atoms with van der Waals surface area (Å²) in [5, 5.41) is 5.38. The minimum Gasteiger partial charge on any atom is -0.326 e. The average Bonchev–Trinajstić information content (AvgIpc) is 2.65. The molecule has 0 bridgehead atoms. The molecule has 28 heavy (non-hydrogen) atoms. The summed E-state index contributed by atoms with van der Waals surface area (Å²) in [6, 6.07) is 15.3. The van der Waals surface area contributed by atoms with Crippen LogP contribution in [0.4, 0.5) is 15.8 Å². The zero-order valence-electron chi connectivity index (χ0n) is 15.1. The standard InChI is InChI=1S/C21H18FN3O3/c1-14(26)23-18-3-2-4-19(11-18)24-21(28)16-7-10-20(27)25(13-16)12-15-5-8-17(22)9-6-15/h2-11,13H,12H2,1H3,(H,23,26)(H,24,28). The molecule has 2 amide bonds. The van der Waals surface area contributed by atoms with Crippen LogP contribution in [0.15, 0.2) is 71.7 Å². The van der Waals surface area contributed by atoms with Crippen LogP contribution in [0.2, 0.25) is 0 Å². The van der Waals surface area contributed by atoms with Gasteiger partial charge in [0.1, 0.15) is 5.82 Å². The van der Waals surface area contributed by atoms with Gasteiger partial charge < -0.3 is 15.2 Å². The van der Waals surface area contributed by atoms with E-state index >= 15 is 0 Å². The van der Waals surface area contributed by atoms with Crippen LogP contribution in [-0.4, -0.2) is 16.4 Å². The van der Waals surface area contributed by atoms with Gasteiger partial charge in [0.25, 0.3) is 11.5 Å². The van der Waals surface area contributed by atoms with Crippen molar-refractivity contribution in [1.29, 1.82) is 0 Å². The van der Waals surface area contributed by atoms with Crippen molar-refractivity contribution in [2.24, 2.45) is 0 Å². The number of carbonyl (C=O) groups is 2. The van der Waals surface area contributed by atoms with Crippen LogP contribution < -0.4 is 16.2 Å². The molecule has 0 saturated heterocycles. The number of hydrogen-bond donors (Lipinski definition) is 2. The Morgan fingerprint density at radius 1 is 0.964 bits per heavy atom. The number of amides is 2. The van der Waals surface area contributed by atoms with Gasteiger partial charge in [0.05, 0.1) is 12.1 Å². The zero-order valence-corrected chi connectivity index (χ0v) is 15.1. The van der Waals surface area contributed by atoms with Crippen molar-refractivity contribution in [3.63, 3.8) is 0 Å². The number of benzene rings is 2. The largest absolute Gasteiger partial charge is 0.326 e. The molecule has 0 spiro atoms. The molecule has 0 radical (unpaired) electrons. The summed E-state index contributed by atoms with van der Waals surface area (Å²) >= 11 is 0. The molecule has 0 aliphatic rings. The second kappa shape index (κ2) is 8.30. The van der Waals surface area contributed by atoms with Gasteiger partial charge in [-0.25, -0.2) is 4.39 Å². The van der Waals surface area contributed by atoms with E-state index in [0.29, 0.717) is 16.9 Å². The van der Waals surface area contributed by atoms with Crippen molar-refractivity contribution in [2.45, 2.75) is 13.5 Å². The van der Waals surface area contributed by atoms with E-state index in [4.69, 9.17) is 0 Å². The molecule has 1 aromatic heterocycles. The van der Waals surface area contributed by atoms with Crippen LogP contribution in [0.1, 0.15) is 22.8 Å². The third-order valence-corrected chi connectivity index (χ3v) is 3.95. The molecule has 2 N–H and O–H groups in total. The van der Waals surface area contributed by atoms with E-state index in [-0.39, 0.29) is 23.8 Å². The molecule has 0 aliphatic carbocycles. The summed E-state index contributed by atoms with van der Waals surface area (Å²) in [5.41, 5.74) is 1.84. The van der Waals surface area contributed by atoms with Crippen molar-refractivity contribution >= 4 is 23.2 Å². The van der Waals surface area contributed by atoms with Crippen LogP contribution >= 0.6 is 0 Å². The number of anilines is 2. The molecule has 0 atom stereocenters. The average molecular weight is 379 g/mol. The third kappa shape index (κ3) is 4.91. The SMILES string of the molecule is CC(=O)Nc1cccc(NC(=O)c2ccc(=O)n(Cc3ccc(F)cc3)c2)c1. The highest BCUT2D eigenvalue weighted by atomic mass is 19.1. The number of carbonyl (C=O) groups excluding carboxylic acids is 2. The van der Waals surface area contributed by atoms with Crippen LogP contribution in [0.5, 0.6) is 0 Å². The highest BCUT2D eigenvalue weighted by Gasteiger charge is 2.09. The zero-order chi connectivity index (χ0) is 20.1. The molecule has 0 saturated carbocycles. The Bertz CT molecular complexity index is 1070. The Kier molecular flexibility index (Phi) is 5.64. The second-order valence-corrected chi connectivity index (χ2v) is 6.23. The third-order valence-electron chi connectivity index (χ3n) is 3.95. The van der Waals surface area contributed by atoms with Crippen molar-refractivity contribution in [3.8, 4) is 0 Å². The lowest BCUT2D eigenvalue weighted by Gasteiger charge is -2.10. The monoisotopic (exact) mass is 379 g/mol. The molecule has 0 fully saturated rings. The predicted octanol–water partition coefficient (Wildman–Crippen LogP) is 3.25. The van der Waals surface area contributed by atoms with Gasteiger partial charge in [-0.05, 0) is 42.0 Å². The summed E-state index contributed by atoms with van der Waals surface area (Å²) < 4.78 is 14.4. The lowest BCUT2D eigenvalue weighted by atomic mass is 10.2. The van der Waals surface area contributed by atoms with E-state index in [1.807, 2.05) is 0 Å². The van der Waals surface area contributed by atoms with E-state index in [9.17, 15) is 18.8 Å². The van der Waals surface area contributed by atoms with E-state index in [1.54, 1.807) is 36.4 Å². The van der Waals surface area contributed by atoms with Gasteiger partial charge in [0, 0.05) is 30.6 Å². The topological polar surface area (TPSA) is 80.2 Å². The number of aromatic nitrogens is 1. The maximum atomic E-state index is 13.0. The summed E-state index contributed by atoms with van der Waals surface area (Å²) in [4.78, 5) is 35.8. The van der Waals surface area contributed by atoms with Gasteiger partial charge in [-0.15, -0.1) is 0 Å². The molecule has 142 valence electrons. The van der Waals surface area contributed by atoms with Crippen LogP contribution in [0.25, 0.3) is 0 Å².